The predicted molar refractivity (Wildman–Crippen MR) is 105 cm³/mol. The van der Waals surface area contributed by atoms with Gasteiger partial charge in [-0.3, -0.25) is 9.69 Å². The standard InChI is InChI=1S/C23H28N2O/c26-23(25-16-15-24-14-8-7-13-21(24)18-25)22(20-11-5-2-6-12-20)17-19-9-3-1-4-10-19/h1-6,9-12,21-22H,7-8,13-18H2. The van der Waals surface area contributed by atoms with E-state index < -0.39 is 0 Å². The number of nitrogens with zero attached hydrogens (tertiary/aromatic N) is 2. The van der Waals surface area contributed by atoms with Gasteiger partial charge in [0.1, 0.15) is 0 Å². The van der Waals surface area contributed by atoms with Crippen LogP contribution in [-0.4, -0.2) is 47.9 Å². The Morgan fingerprint density at radius 3 is 2.42 bits per heavy atom. The summed E-state index contributed by atoms with van der Waals surface area (Å²) in [7, 11) is 0. The molecule has 2 atom stereocenters. The van der Waals surface area contributed by atoms with Gasteiger partial charge < -0.3 is 4.90 Å². The highest BCUT2D eigenvalue weighted by Gasteiger charge is 2.34. The molecule has 1 amide bonds. The zero-order valence-electron chi connectivity index (χ0n) is 15.4. The number of carbonyl (C=O) groups is 1. The number of amides is 1. The third kappa shape index (κ3) is 3.83. The van der Waals surface area contributed by atoms with Crippen molar-refractivity contribution in [1.29, 1.82) is 0 Å². The normalized spacial score (nSPS) is 21.8. The first kappa shape index (κ1) is 17.3. The first-order valence-electron chi connectivity index (χ1n) is 9.93. The fraction of sp³-hybridized carbons (Fsp3) is 0.435. The maximum atomic E-state index is 13.5. The summed E-state index contributed by atoms with van der Waals surface area (Å²) in [4.78, 5) is 18.2. The van der Waals surface area contributed by atoms with Crippen LogP contribution in [-0.2, 0) is 11.2 Å². The van der Waals surface area contributed by atoms with E-state index in [0.29, 0.717) is 11.9 Å². The minimum absolute atomic E-state index is 0.0891. The van der Waals surface area contributed by atoms with Gasteiger partial charge in [0.05, 0.1) is 5.92 Å². The van der Waals surface area contributed by atoms with Crippen LogP contribution in [0.5, 0.6) is 0 Å². The van der Waals surface area contributed by atoms with Crippen molar-refractivity contribution < 1.29 is 4.79 Å². The second-order valence-corrected chi connectivity index (χ2v) is 7.62. The lowest BCUT2D eigenvalue weighted by molar-refractivity contribution is -0.136. The van der Waals surface area contributed by atoms with Crippen molar-refractivity contribution in [3.8, 4) is 0 Å². The quantitative estimate of drug-likeness (QED) is 0.841. The Morgan fingerprint density at radius 1 is 0.923 bits per heavy atom. The molecule has 0 bridgehead atoms. The zero-order chi connectivity index (χ0) is 17.8. The van der Waals surface area contributed by atoms with Gasteiger partial charge in [0.15, 0.2) is 0 Å². The van der Waals surface area contributed by atoms with Crippen LogP contribution in [0.3, 0.4) is 0 Å². The van der Waals surface area contributed by atoms with Crippen LogP contribution in [0.2, 0.25) is 0 Å². The molecule has 2 fully saturated rings. The van der Waals surface area contributed by atoms with Crippen LogP contribution < -0.4 is 0 Å². The van der Waals surface area contributed by atoms with Crippen molar-refractivity contribution in [1.82, 2.24) is 9.80 Å². The van der Waals surface area contributed by atoms with Gasteiger partial charge in [0.2, 0.25) is 5.91 Å². The van der Waals surface area contributed by atoms with Crippen LogP contribution in [0.1, 0.15) is 36.3 Å². The van der Waals surface area contributed by atoms with Gasteiger partial charge in [-0.25, -0.2) is 0 Å². The Morgan fingerprint density at radius 2 is 1.65 bits per heavy atom. The molecule has 0 aliphatic carbocycles. The largest absolute Gasteiger partial charge is 0.339 e. The van der Waals surface area contributed by atoms with Gasteiger partial charge in [0, 0.05) is 25.7 Å². The smallest absolute Gasteiger partial charge is 0.230 e. The van der Waals surface area contributed by atoms with E-state index in [4.69, 9.17) is 0 Å². The van der Waals surface area contributed by atoms with Crippen molar-refractivity contribution in [3.05, 3.63) is 71.8 Å². The average Bonchev–Trinajstić information content (AvgIpc) is 2.72. The fourth-order valence-corrected chi connectivity index (χ4v) is 4.46. The zero-order valence-corrected chi connectivity index (χ0v) is 15.4. The summed E-state index contributed by atoms with van der Waals surface area (Å²) in [5, 5.41) is 0. The van der Waals surface area contributed by atoms with Crippen LogP contribution in [0.4, 0.5) is 0 Å². The number of piperazine rings is 1. The van der Waals surface area contributed by atoms with Crippen molar-refractivity contribution in [2.45, 2.75) is 37.6 Å². The second kappa shape index (κ2) is 8.05. The molecule has 2 aliphatic rings. The highest BCUT2D eigenvalue weighted by atomic mass is 16.2. The van der Waals surface area contributed by atoms with E-state index in [1.54, 1.807) is 0 Å². The lowest BCUT2D eigenvalue weighted by Crippen LogP contribution is -2.57. The van der Waals surface area contributed by atoms with Gasteiger partial charge in [-0.05, 0) is 36.9 Å². The van der Waals surface area contributed by atoms with Crippen molar-refractivity contribution in [2.75, 3.05) is 26.2 Å². The molecular weight excluding hydrogens is 320 g/mol. The van der Waals surface area contributed by atoms with E-state index in [2.05, 4.69) is 46.2 Å². The minimum atomic E-state index is -0.0891. The molecular formula is C23H28N2O. The highest BCUT2D eigenvalue weighted by Crippen LogP contribution is 2.27. The number of carbonyl (C=O) groups excluding carboxylic acids is 1. The summed E-state index contributed by atoms with van der Waals surface area (Å²) in [5.41, 5.74) is 2.36. The molecule has 3 heteroatoms. The molecule has 3 nitrogen and oxygen atoms in total. The number of piperidine rings is 1. The van der Waals surface area contributed by atoms with E-state index in [1.165, 1.54) is 31.4 Å². The molecule has 2 aromatic rings. The summed E-state index contributed by atoms with van der Waals surface area (Å²) >= 11 is 0. The Bertz CT molecular complexity index is 716. The molecule has 136 valence electrons. The first-order chi connectivity index (χ1) is 12.8. The van der Waals surface area contributed by atoms with Crippen LogP contribution in [0.15, 0.2) is 60.7 Å². The van der Waals surface area contributed by atoms with E-state index in [0.717, 1.165) is 31.6 Å². The molecule has 26 heavy (non-hydrogen) atoms. The van der Waals surface area contributed by atoms with Crippen LogP contribution >= 0.6 is 0 Å². The molecule has 2 aliphatic heterocycles. The van der Waals surface area contributed by atoms with Gasteiger partial charge >= 0.3 is 0 Å². The summed E-state index contributed by atoms with van der Waals surface area (Å²) in [5.74, 6) is 0.207. The van der Waals surface area contributed by atoms with Gasteiger partial charge in [-0.2, -0.15) is 0 Å². The van der Waals surface area contributed by atoms with Gasteiger partial charge in [-0.15, -0.1) is 0 Å². The Labute approximate surface area is 156 Å². The predicted octanol–water partition coefficient (Wildman–Crippen LogP) is 3.71. The molecule has 0 saturated carbocycles. The average molecular weight is 348 g/mol. The Hall–Kier alpha value is -2.13. The molecule has 0 N–H and O–H groups in total. The molecule has 2 aromatic carbocycles. The van der Waals surface area contributed by atoms with Crippen molar-refractivity contribution >= 4 is 5.91 Å². The Kier molecular flexibility index (Phi) is 5.35. The summed E-state index contributed by atoms with van der Waals surface area (Å²) < 4.78 is 0. The maximum Gasteiger partial charge on any atom is 0.230 e. The van der Waals surface area contributed by atoms with E-state index >= 15 is 0 Å². The summed E-state index contributed by atoms with van der Waals surface area (Å²) in [6.45, 7) is 4.01. The molecule has 2 unspecified atom stereocenters. The highest BCUT2D eigenvalue weighted by molar-refractivity contribution is 5.84. The SMILES string of the molecule is O=C(C(Cc1ccccc1)c1ccccc1)N1CCN2CCCCC2C1. The monoisotopic (exact) mass is 348 g/mol. The fourth-order valence-electron chi connectivity index (χ4n) is 4.46. The van der Waals surface area contributed by atoms with Crippen molar-refractivity contribution in [3.63, 3.8) is 0 Å². The van der Waals surface area contributed by atoms with Crippen LogP contribution in [0.25, 0.3) is 0 Å². The molecule has 0 radical (unpaired) electrons. The van der Waals surface area contributed by atoms with E-state index in [1.807, 2.05) is 24.3 Å². The lowest BCUT2D eigenvalue weighted by Gasteiger charge is -2.44. The molecule has 2 saturated heterocycles. The van der Waals surface area contributed by atoms with E-state index in [-0.39, 0.29) is 5.92 Å². The van der Waals surface area contributed by atoms with E-state index in [9.17, 15) is 4.79 Å². The number of hydrogen-bond acceptors (Lipinski definition) is 2. The number of fused-ring (bicyclic) bond motifs is 1. The third-order valence-corrected chi connectivity index (χ3v) is 5.93. The second-order valence-electron chi connectivity index (χ2n) is 7.62. The minimum Gasteiger partial charge on any atom is -0.339 e. The molecule has 2 heterocycles. The van der Waals surface area contributed by atoms with Crippen molar-refractivity contribution in [2.24, 2.45) is 0 Å². The topological polar surface area (TPSA) is 23.6 Å². The van der Waals surface area contributed by atoms with Crippen LogP contribution in [0, 0.1) is 0 Å². The summed E-state index contributed by atoms with van der Waals surface area (Å²) in [6.07, 6.45) is 4.62. The molecule has 0 spiro atoms. The van der Waals surface area contributed by atoms with Gasteiger partial charge in [0.25, 0.3) is 0 Å². The summed E-state index contributed by atoms with van der Waals surface area (Å²) in [6, 6.07) is 21.3. The Balaban J connectivity index is 1.54. The molecule has 0 aromatic heterocycles. The lowest BCUT2D eigenvalue weighted by atomic mass is 9.89. The number of rotatable bonds is 4. The third-order valence-electron chi connectivity index (χ3n) is 5.93. The van der Waals surface area contributed by atoms with Gasteiger partial charge in [-0.1, -0.05) is 67.1 Å². The number of hydrogen-bond donors (Lipinski definition) is 0. The molecule has 4 rings (SSSR count). The maximum absolute atomic E-state index is 13.5. The first-order valence-corrected chi connectivity index (χ1v) is 9.93. The number of benzene rings is 2.